The summed E-state index contributed by atoms with van der Waals surface area (Å²) in [5.74, 6) is 0. The topological polar surface area (TPSA) is 79.8 Å². The number of hydrogen-bond donors (Lipinski definition) is 1. The van der Waals surface area contributed by atoms with Gasteiger partial charge in [-0.3, -0.25) is 13.9 Å². The molecule has 6 heteroatoms. The van der Waals surface area contributed by atoms with E-state index in [1.807, 2.05) is 12.1 Å². The Morgan fingerprint density at radius 1 is 1.14 bits per heavy atom. The summed E-state index contributed by atoms with van der Waals surface area (Å²) in [5, 5.41) is 12.0. The Labute approximate surface area is 121 Å². The van der Waals surface area contributed by atoms with Crippen molar-refractivity contribution in [2.75, 3.05) is 0 Å². The third kappa shape index (κ3) is 3.27. The van der Waals surface area contributed by atoms with E-state index in [9.17, 15) is 9.59 Å². The summed E-state index contributed by atoms with van der Waals surface area (Å²) in [5.41, 5.74) is 1.55. The van der Waals surface area contributed by atoms with Gasteiger partial charge in [0.15, 0.2) is 0 Å². The quantitative estimate of drug-likeness (QED) is 0.872. The lowest BCUT2D eigenvalue weighted by molar-refractivity contribution is 0.600. The summed E-state index contributed by atoms with van der Waals surface area (Å²) in [6.45, 7) is 0.956. The Morgan fingerprint density at radius 2 is 1.90 bits per heavy atom. The van der Waals surface area contributed by atoms with Gasteiger partial charge in [0, 0.05) is 38.9 Å². The second-order valence-electron chi connectivity index (χ2n) is 4.79. The third-order valence-electron chi connectivity index (χ3n) is 3.32. The predicted octanol–water partition coefficient (Wildman–Crippen LogP) is 0.245. The molecule has 108 valence electrons. The highest BCUT2D eigenvalue weighted by Crippen LogP contribution is 2.04. The Hall–Kier alpha value is -2.65. The maximum absolute atomic E-state index is 11.8. The van der Waals surface area contributed by atoms with Crippen molar-refractivity contribution in [3.05, 3.63) is 68.0 Å². The molecule has 0 atom stereocenters. The molecule has 1 aromatic heterocycles. The van der Waals surface area contributed by atoms with Gasteiger partial charge in [-0.05, 0) is 17.7 Å². The minimum atomic E-state index is -0.342. The average molecular weight is 284 g/mol. The van der Waals surface area contributed by atoms with Crippen molar-refractivity contribution < 1.29 is 0 Å². The standard InChI is InChI=1S/C15H16N4O2/c1-18-13(7-14(20)19(2)15(18)21)10-17-9-12-5-3-4-11(6-12)8-16/h3-7,17H,9-10H2,1-2H3. The number of benzene rings is 1. The van der Waals surface area contributed by atoms with Gasteiger partial charge in [0.2, 0.25) is 0 Å². The van der Waals surface area contributed by atoms with Crippen molar-refractivity contribution in [3.8, 4) is 6.07 Å². The lowest BCUT2D eigenvalue weighted by atomic mass is 10.1. The highest BCUT2D eigenvalue weighted by Gasteiger charge is 2.05. The van der Waals surface area contributed by atoms with Crippen LogP contribution in [0.4, 0.5) is 0 Å². The average Bonchev–Trinajstić information content (AvgIpc) is 2.50. The molecule has 1 aromatic carbocycles. The van der Waals surface area contributed by atoms with Crippen LogP contribution in [-0.4, -0.2) is 9.13 Å². The molecule has 6 nitrogen and oxygen atoms in total. The highest BCUT2D eigenvalue weighted by molar-refractivity contribution is 5.32. The molecular formula is C15H16N4O2. The zero-order valence-corrected chi connectivity index (χ0v) is 12.0. The maximum Gasteiger partial charge on any atom is 0.330 e. The summed E-state index contributed by atoms with van der Waals surface area (Å²) in [7, 11) is 3.09. The first kappa shape index (κ1) is 14.8. The Kier molecular flexibility index (Phi) is 4.36. The van der Waals surface area contributed by atoms with Gasteiger partial charge in [-0.2, -0.15) is 5.26 Å². The van der Waals surface area contributed by atoms with Crippen LogP contribution in [0.2, 0.25) is 0 Å². The number of rotatable bonds is 4. The third-order valence-corrected chi connectivity index (χ3v) is 3.32. The van der Waals surface area contributed by atoms with E-state index < -0.39 is 0 Å². The van der Waals surface area contributed by atoms with Crippen molar-refractivity contribution in [1.82, 2.24) is 14.5 Å². The Morgan fingerprint density at radius 3 is 2.62 bits per heavy atom. The van der Waals surface area contributed by atoms with Crippen LogP contribution in [0, 0.1) is 11.3 Å². The van der Waals surface area contributed by atoms with Crippen LogP contribution >= 0.6 is 0 Å². The minimum Gasteiger partial charge on any atom is -0.307 e. The van der Waals surface area contributed by atoms with E-state index in [1.54, 1.807) is 19.2 Å². The van der Waals surface area contributed by atoms with E-state index in [4.69, 9.17) is 5.26 Å². The van der Waals surface area contributed by atoms with E-state index in [0.29, 0.717) is 24.3 Å². The molecule has 0 aliphatic carbocycles. The monoisotopic (exact) mass is 284 g/mol. The number of nitrogens with zero attached hydrogens (tertiary/aromatic N) is 3. The first-order valence-electron chi connectivity index (χ1n) is 6.48. The maximum atomic E-state index is 11.8. The van der Waals surface area contributed by atoms with Gasteiger partial charge < -0.3 is 5.32 Å². The van der Waals surface area contributed by atoms with Crippen molar-refractivity contribution in [2.24, 2.45) is 14.1 Å². The van der Waals surface area contributed by atoms with E-state index in [1.165, 1.54) is 17.7 Å². The fourth-order valence-corrected chi connectivity index (χ4v) is 2.03. The molecule has 1 N–H and O–H groups in total. The van der Waals surface area contributed by atoms with Gasteiger partial charge in [0.1, 0.15) is 0 Å². The zero-order chi connectivity index (χ0) is 15.4. The molecule has 0 radical (unpaired) electrons. The molecule has 0 aliphatic rings. The van der Waals surface area contributed by atoms with Gasteiger partial charge >= 0.3 is 5.69 Å². The molecule has 1 heterocycles. The van der Waals surface area contributed by atoms with Crippen molar-refractivity contribution >= 4 is 0 Å². The lowest BCUT2D eigenvalue weighted by Crippen LogP contribution is -2.38. The van der Waals surface area contributed by atoms with Gasteiger partial charge in [-0.1, -0.05) is 12.1 Å². The first-order chi connectivity index (χ1) is 10.0. The second-order valence-corrected chi connectivity index (χ2v) is 4.79. The molecule has 0 amide bonds. The molecule has 0 saturated heterocycles. The molecule has 0 aliphatic heterocycles. The molecule has 2 rings (SSSR count). The fourth-order valence-electron chi connectivity index (χ4n) is 2.03. The normalized spacial score (nSPS) is 10.3. The van der Waals surface area contributed by atoms with Crippen LogP contribution in [0.25, 0.3) is 0 Å². The molecule has 2 aromatic rings. The molecule has 0 unspecified atom stereocenters. The van der Waals surface area contributed by atoms with Crippen molar-refractivity contribution in [3.63, 3.8) is 0 Å². The van der Waals surface area contributed by atoms with E-state index in [2.05, 4.69) is 11.4 Å². The second kappa shape index (κ2) is 6.20. The summed E-state index contributed by atoms with van der Waals surface area (Å²) >= 11 is 0. The lowest BCUT2D eigenvalue weighted by Gasteiger charge is -2.10. The minimum absolute atomic E-state index is 0.318. The van der Waals surface area contributed by atoms with Gasteiger partial charge in [0.05, 0.1) is 11.6 Å². The smallest absolute Gasteiger partial charge is 0.307 e. The van der Waals surface area contributed by atoms with Crippen LogP contribution in [0.1, 0.15) is 16.8 Å². The number of hydrogen-bond acceptors (Lipinski definition) is 4. The summed E-state index contributed by atoms with van der Waals surface area (Å²) in [4.78, 5) is 23.4. The molecule has 0 spiro atoms. The molecule has 0 bridgehead atoms. The summed E-state index contributed by atoms with van der Waals surface area (Å²) in [6, 6.07) is 10.8. The van der Waals surface area contributed by atoms with Gasteiger partial charge in [-0.15, -0.1) is 0 Å². The van der Waals surface area contributed by atoms with Crippen LogP contribution in [0.15, 0.2) is 39.9 Å². The van der Waals surface area contributed by atoms with E-state index >= 15 is 0 Å². The number of nitrogens with one attached hydrogen (secondary N) is 1. The molecule has 21 heavy (non-hydrogen) atoms. The van der Waals surface area contributed by atoms with Crippen LogP contribution in [0.3, 0.4) is 0 Å². The largest absolute Gasteiger partial charge is 0.330 e. The first-order valence-corrected chi connectivity index (χ1v) is 6.48. The molecule has 0 saturated carbocycles. The number of aromatic nitrogens is 2. The number of nitriles is 1. The van der Waals surface area contributed by atoms with Crippen LogP contribution in [-0.2, 0) is 27.2 Å². The van der Waals surface area contributed by atoms with E-state index in [0.717, 1.165) is 10.1 Å². The SMILES string of the molecule is Cn1c(CNCc2cccc(C#N)c2)cc(=O)n(C)c1=O. The highest BCUT2D eigenvalue weighted by atomic mass is 16.2. The molecule has 0 fully saturated rings. The fraction of sp³-hybridized carbons (Fsp3) is 0.267. The van der Waals surface area contributed by atoms with Crippen LogP contribution < -0.4 is 16.6 Å². The predicted molar refractivity (Wildman–Crippen MR) is 78.6 cm³/mol. The van der Waals surface area contributed by atoms with Gasteiger partial charge in [0.25, 0.3) is 5.56 Å². The Bertz CT molecular complexity index is 812. The molecular weight excluding hydrogens is 268 g/mol. The Balaban J connectivity index is 2.09. The van der Waals surface area contributed by atoms with Crippen molar-refractivity contribution in [2.45, 2.75) is 13.1 Å². The van der Waals surface area contributed by atoms with Crippen LogP contribution in [0.5, 0.6) is 0 Å². The summed E-state index contributed by atoms with van der Waals surface area (Å²) in [6.07, 6.45) is 0. The zero-order valence-electron chi connectivity index (χ0n) is 12.0. The van der Waals surface area contributed by atoms with Gasteiger partial charge in [-0.25, -0.2) is 4.79 Å². The van der Waals surface area contributed by atoms with E-state index in [-0.39, 0.29) is 11.2 Å². The summed E-state index contributed by atoms with van der Waals surface area (Å²) < 4.78 is 2.51. The van der Waals surface area contributed by atoms with Crippen molar-refractivity contribution in [1.29, 1.82) is 5.26 Å².